The quantitative estimate of drug-likeness (QED) is 0.173. The molecule has 3 aromatic rings. The first-order valence-electron chi connectivity index (χ1n) is 9.59. The molecule has 1 atom stereocenters. The SMILES string of the molecule is COc1ccc(/C(C#N)=C\c2cccc(OC(=O)C(C)Oc3ccc(Cl)cc3Cl)c2)cc1. The molecule has 5 nitrogen and oxygen atoms in total. The van der Waals surface area contributed by atoms with Crippen molar-refractivity contribution in [3.8, 4) is 23.3 Å². The van der Waals surface area contributed by atoms with Crippen LogP contribution in [-0.2, 0) is 4.79 Å². The normalized spacial score (nSPS) is 11.9. The Morgan fingerprint density at radius 3 is 2.44 bits per heavy atom. The van der Waals surface area contributed by atoms with Gasteiger partial charge in [0.2, 0.25) is 0 Å². The molecule has 0 heterocycles. The second-order valence-electron chi connectivity index (χ2n) is 6.73. The van der Waals surface area contributed by atoms with E-state index in [1.54, 1.807) is 74.7 Å². The highest BCUT2D eigenvalue weighted by Crippen LogP contribution is 2.29. The molecule has 0 saturated heterocycles. The summed E-state index contributed by atoms with van der Waals surface area (Å²) in [6.07, 6.45) is 0.814. The number of carbonyl (C=O) groups excluding carboxylic acids is 1. The largest absolute Gasteiger partial charge is 0.497 e. The topological polar surface area (TPSA) is 68.5 Å². The summed E-state index contributed by atoms with van der Waals surface area (Å²) in [7, 11) is 1.58. The van der Waals surface area contributed by atoms with E-state index in [1.165, 1.54) is 6.07 Å². The van der Waals surface area contributed by atoms with E-state index in [9.17, 15) is 10.1 Å². The van der Waals surface area contributed by atoms with Crippen LogP contribution in [0, 0.1) is 11.3 Å². The highest BCUT2D eigenvalue weighted by atomic mass is 35.5. The molecular formula is C25H19Cl2NO4. The van der Waals surface area contributed by atoms with Crippen molar-refractivity contribution in [1.29, 1.82) is 5.26 Å². The predicted octanol–water partition coefficient (Wildman–Crippen LogP) is 6.44. The van der Waals surface area contributed by atoms with Gasteiger partial charge < -0.3 is 14.2 Å². The van der Waals surface area contributed by atoms with E-state index in [4.69, 9.17) is 37.4 Å². The van der Waals surface area contributed by atoms with E-state index in [1.807, 2.05) is 6.07 Å². The number of nitrogens with zero attached hydrogens (tertiary/aromatic N) is 1. The fourth-order valence-corrected chi connectivity index (χ4v) is 3.25. The van der Waals surface area contributed by atoms with Crippen LogP contribution in [0.2, 0.25) is 10.0 Å². The van der Waals surface area contributed by atoms with Crippen LogP contribution < -0.4 is 14.2 Å². The van der Waals surface area contributed by atoms with Crippen LogP contribution in [-0.4, -0.2) is 19.2 Å². The van der Waals surface area contributed by atoms with Gasteiger partial charge in [-0.1, -0.05) is 35.3 Å². The summed E-state index contributed by atoms with van der Waals surface area (Å²) in [6.45, 7) is 1.56. The van der Waals surface area contributed by atoms with Gasteiger partial charge in [0, 0.05) is 5.02 Å². The van der Waals surface area contributed by atoms with E-state index in [0.29, 0.717) is 38.4 Å². The molecule has 0 aliphatic rings. The van der Waals surface area contributed by atoms with Gasteiger partial charge in [-0.3, -0.25) is 0 Å². The standard InChI is InChI=1S/C25H19Cl2NO4/c1-16(31-24-11-8-20(26)14-23(24)27)25(29)32-22-5-3-4-17(13-22)12-19(15-28)18-6-9-21(30-2)10-7-18/h3-14,16H,1-2H3/b19-12-. The maximum absolute atomic E-state index is 12.5. The maximum Gasteiger partial charge on any atom is 0.352 e. The van der Waals surface area contributed by atoms with Gasteiger partial charge in [0.15, 0.2) is 6.10 Å². The fourth-order valence-electron chi connectivity index (χ4n) is 2.79. The number of hydrogen-bond acceptors (Lipinski definition) is 5. The van der Waals surface area contributed by atoms with Gasteiger partial charge in [-0.25, -0.2) is 4.79 Å². The summed E-state index contributed by atoms with van der Waals surface area (Å²) < 4.78 is 16.2. The molecule has 0 fully saturated rings. The number of rotatable bonds is 7. The number of ether oxygens (including phenoxy) is 3. The number of allylic oxidation sites excluding steroid dienone is 1. The van der Waals surface area contributed by atoms with Crippen molar-refractivity contribution in [1.82, 2.24) is 0 Å². The Bertz CT molecular complexity index is 1180. The lowest BCUT2D eigenvalue weighted by atomic mass is 10.0. The molecule has 0 aliphatic carbocycles. The van der Waals surface area contributed by atoms with Crippen molar-refractivity contribution in [2.24, 2.45) is 0 Å². The number of benzene rings is 3. The van der Waals surface area contributed by atoms with E-state index in [-0.39, 0.29) is 0 Å². The molecule has 0 saturated carbocycles. The highest BCUT2D eigenvalue weighted by molar-refractivity contribution is 6.35. The van der Waals surface area contributed by atoms with E-state index in [2.05, 4.69) is 6.07 Å². The molecule has 0 N–H and O–H groups in total. The van der Waals surface area contributed by atoms with Crippen LogP contribution in [0.5, 0.6) is 17.2 Å². The molecule has 3 aromatic carbocycles. The zero-order valence-electron chi connectivity index (χ0n) is 17.3. The minimum atomic E-state index is -0.901. The van der Waals surface area contributed by atoms with Crippen molar-refractivity contribution in [2.45, 2.75) is 13.0 Å². The smallest absolute Gasteiger partial charge is 0.352 e. The number of carbonyl (C=O) groups is 1. The zero-order chi connectivity index (χ0) is 23.1. The van der Waals surface area contributed by atoms with E-state index >= 15 is 0 Å². The first-order valence-corrected chi connectivity index (χ1v) is 10.3. The molecule has 0 radical (unpaired) electrons. The molecule has 32 heavy (non-hydrogen) atoms. The molecule has 0 bridgehead atoms. The van der Waals surface area contributed by atoms with Crippen LogP contribution in [0.15, 0.2) is 66.7 Å². The lowest BCUT2D eigenvalue weighted by Crippen LogP contribution is -2.28. The van der Waals surface area contributed by atoms with E-state index in [0.717, 1.165) is 5.56 Å². The van der Waals surface area contributed by atoms with Crippen molar-refractivity contribution in [3.05, 3.63) is 87.9 Å². The minimum absolute atomic E-state index is 0.298. The van der Waals surface area contributed by atoms with Gasteiger partial charge >= 0.3 is 5.97 Å². The lowest BCUT2D eigenvalue weighted by Gasteiger charge is -2.15. The Kier molecular flexibility index (Phi) is 7.77. The van der Waals surface area contributed by atoms with Gasteiger partial charge in [0.05, 0.1) is 23.8 Å². The molecule has 0 amide bonds. The number of nitriles is 1. The van der Waals surface area contributed by atoms with Crippen molar-refractivity contribution >= 4 is 40.8 Å². The summed E-state index contributed by atoms with van der Waals surface area (Å²) in [6, 6.07) is 21.0. The molecule has 1 unspecified atom stereocenters. The van der Waals surface area contributed by atoms with Crippen LogP contribution >= 0.6 is 23.2 Å². The Morgan fingerprint density at radius 2 is 1.78 bits per heavy atom. The second-order valence-corrected chi connectivity index (χ2v) is 7.57. The summed E-state index contributed by atoms with van der Waals surface area (Å²) in [5.74, 6) is 0.771. The van der Waals surface area contributed by atoms with Gasteiger partial charge in [-0.05, 0) is 78.7 Å². The van der Waals surface area contributed by atoms with Gasteiger partial charge in [0.1, 0.15) is 17.2 Å². The molecular weight excluding hydrogens is 449 g/mol. The molecule has 0 aromatic heterocycles. The summed E-state index contributed by atoms with van der Waals surface area (Å²) in [5.41, 5.74) is 1.92. The van der Waals surface area contributed by atoms with Crippen LogP contribution in [0.4, 0.5) is 0 Å². The Balaban J connectivity index is 1.72. The number of hydrogen-bond donors (Lipinski definition) is 0. The summed E-state index contributed by atoms with van der Waals surface area (Å²) in [4.78, 5) is 12.5. The average Bonchev–Trinajstić information content (AvgIpc) is 2.79. The van der Waals surface area contributed by atoms with Crippen LogP contribution in [0.25, 0.3) is 11.6 Å². The first kappa shape index (κ1) is 23.2. The maximum atomic E-state index is 12.5. The highest BCUT2D eigenvalue weighted by Gasteiger charge is 2.19. The van der Waals surface area contributed by atoms with Crippen LogP contribution in [0.3, 0.4) is 0 Å². The number of esters is 1. The fraction of sp³-hybridized carbons (Fsp3) is 0.120. The molecule has 0 spiro atoms. The Morgan fingerprint density at radius 1 is 1.03 bits per heavy atom. The molecule has 0 aliphatic heterocycles. The number of halogens is 2. The molecule has 7 heteroatoms. The van der Waals surface area contributed by atoms with Crippen molar-refractivity contribution in [3.63, 3.8) is 0 Å². The van der Waals surface area contributed by atoms with Gasteiger partial charge in [-0.2, -0.15) is 5.26 Å². The minimum Gasteiger partial charge on any atom is -0.497 e. The first-order chi connectivity index (χ1) is 15.4. The molecule has 162 valence electrons. The third-order valence-corrected chi connectivity index (χ3v) is 4.97. The third-order valence-electron chi connectivity index (χ3n) is 4.44. The number of methoxy groups -OCH3 is 1. The van der Waals surface area contributed by atoms with Gasteiger partial charge in [-0.15, -0.1) is 0 Å². The monoisotopic (exact) mass is 467 g/mol. The summed E-state index contributed by atoms with van der Waals surface area (Å²) >= 11 is 12.0. The third kappa shape index (κ3) is 6.04. The van der Waals surface area contributed by atoms with E-state index < -0.39 is 12.1 Å². The van der Waals surface area contributed by atoms with Crippen molar-refractivity contribution < 1.29 is 19.0 Å². The van der Waals surface area contributed by atoms with Crippen molar-refractivity contribution in [2.75, 3.05) is 7.11 Å². The zero-order valence-corrected chi connectivity index (χ0v) is 18.9. The van der Waals surface area contributed by atoms with Crippen LogP contribution in [0.1, 0.15) is 18.1 Å². The summed E-state index contributed by atoms with van der Waals surface area (Å²) in [5, 5.41) is 10.3. The lowest BCUT2D eigenvalue weighted by molar-refractivity contribution is -0.141. The predicted molar refractivity (Wildman–Crippen MR) is 125 cm³/mol. The molecule has 3 rings (SSSR count). The Labute approximate surface area is 196 Å². The second kappa shape index (κ2) is 10.7. The Hall–Kier alpha value is -3.46. The van der Waals surface area contributed by atoms with Gasteiger partial charge in [0.25, 0.3) is 0 Å². The average molecular weight is 468 g/mol.